The maximum atomic E-state index is 11.9. The van der Waals surface area contributed by atoms with Crippen LogP contribution in [0.2, 0.25) is 0 Å². The molecule has 0 saturated carbocycles. The molecule has 1 unspecified atom stereocenters. The van der Waals surface area contributed by atoms with E-state index in [2.05, 4.69) is 23.2 Å². The summed E-state index contributed by atoms with van der Waals surface area (Å²) in [6, 6.07) is 9.25. The van der Waals surface area contributed by atoms with E-state index in [4.69, 9.17) is 5.26 Å². The molecule has 0 radical (unpaired) electrons. The van der Waals surface area contributed by atoms with E-state index in [0.717, 1.165) is 31.7 Å². The minimum absolute atomic E-state index is 0.0599. The summed E-state index contributed by atoms with van der Waals surface area (Å²) in [4.78, 5) is 14.3. The van der Waals surface area contributed by atoms with Crippen molar-refractivity contribution in [2.24, 2.45) is 5.92 Å². The Bertz CT molecular complexity index is 489. The minimum atomic E-state index is 0.0599. The van der Waals surface area contributed by atoms with Crippen molar-refractivity contribution in [2.45, 2.75) is 19.8 Å². The first-order valence-electron chi connectivity index (χ1n) is 7.19. The van der Waals surface area contributed by atoms with Crippen LogP contribution < -0.4 is 5.32 Å². The van der Waals surface area contributed by atoms with Gasteiger partial charge in [0.2, 0.25) is 5.91 Å². The Morgan fingerprint density at radius 1 is 1.45 bits per heavy atom. The number of likely N-dealkylation sites (tertiary alicyclic amines) is 1. The van der Waals surface area contributed by atoms with E-state index in [-0.39, 0.29) is 5.91 Å². The molecule has 1 saturated heterocycles. The highest BCUT2D eigenvalue weighted by Crippen LogP contribution is 2.14. The molecule has 1 aliphatic heterocycles. The number of hydrogen-bond donors (Lipinski definition) is 1. The number of rotatable bonds is 5. The van der Waals surface area contributed by atoms with Gasteiger partial charge in [-0.15, -0.1) is 0 Å². The number of carbonyl (C=O) groups excluding carboxylic acids is 1. The Morgan fingerprint density at radius 3 is 2.80 bits per heavy atom. The molecule has 4 heteroatoms. The summed E-state index contributed by atoms with van der Waals surface area (Å²) in [5.41, 5.74) is 1.57. The van der Waals surface area contributed by atoms with Gasteiger partial charge in [-0.25, -0.2) is 0 Å². The third kappa shape index (κ3) is 4.07. The van der Waals surface area contributed by atoms with E-state index in [0.29, 0.717) is 17.9 Å². The van der Waals surface area contributed by atoms with Crippen LogP contribution in [0.4, 0.5) is 0 Å². The first kappa shape index (κ1) is 14.5. The van der Waals surface area contributed by atoms with Crippen molar-refractivity contribution >= 4 is 5.91 Å². The predicted octanol–water partition coefficient (Wildman–Crippen LogP) is 1.56. The number of benzene rings is 1. The molecule has 1 heterocycles. The lowest BCUT2D eigenvalue weighted by atomic mass is 10.1. The molecule has 1 amide bonds. The molecule has 2 rings (SSSR count). The Kier molecular flexibility index (Phi) is 5.14. The lowest BCUT2D eigenvalue weighted by Gasteiger charge is -2.13. The molecule has 1 atom stereocenters. The molecule has 1 aromatic rings. The Hall–Kier alpha value is -1.86. The van der Waals surface area contributed by atoms with Crippen molar-refractivity contribution in [3.8, 4) is 6.07 Å². The number of amides is 1. The van der Waals surface area contributed by atoms with E-state index in [9.17, 15) is 4.79 Å². The second-order valence-electron chi connectivity index (χ2n) is 5.34. The zero-order valence-corrected chi connectivity index (χ0v) is 11.9. The fraction of sp³-hybridized carbons (Fsp3) is 0.500. The monoisotopic (exact) mass is 271 g/mol. The van der Waals surface area contributed by atoms with Crippen molar-refractivity contribution < 1.29 is 4.79 Å². The van der Waals surface area contributed by atoms with Crippen LogP contribution in [0.5, 0.6) is 0 Å². The van der Waals surface area contributed by atoms with Gasteiger partial charge >= 0.3 is 0 Å². The van der Waals surface area contributed by atoms with Crippen LogP contribution in [-0.4, -0.2) is 37.0 Å². The van der Waals surface area contributed by atoms with Gasteiger partial charge in [-0.2, -0.15) is 5.26 Å². The summed E-state index contributed by atoms with van der Waals surface area (Å²) < 4.78 is 0. The number of carbonyl (C=O) groups is 1. The zero-order chi connectivity index (χ0) is 14.4. The molecule has 1 aromatic carbocycles. The number of nitrogens with one attached hydrogen (secondary N) is 1. The average molecular weight is 271 g/mol. The molecule has 1 fully saturated rings. The highest BCUT2D eigenvalue weighted by atomic mass is 16.1. The van der Waals surface area contributed by atoms with E-state index in [1.54, 1.807) is 12.1 Å². The highest BCUT2D eigenvalue weighted by molar-refractivity contribution is 5.78. The third-order valence-electron chi connectivity index (χ3n) is 3.85. The second kappa shape index (κ2) is 7.06. The SMILES string of the molecule is CCN1CCC(CNC(=O)Cc2ccc(C#N)cc2)C1. The van der Waals surface area contributed by atoms with Gasteiger partial charge in [0.25, 0.3) is 0 Å². The van der Waals surface area contributed by atoms with Crippen LogP contribution in [0.15, 0.2) is 24.3 Å². The summed E-state index contributed by atoms with van der Waals surface area (Å²) in [6.45, 7) is 6.27. The maximum Gasteiger partial charge on any atom is 0.224 e. The Labute approximate surface area is 120 Å². The average Bonchev–Trinajstić information content (AvgIpc) is 2.94. The van der Waals surface area contributed by atoms with E-state index < -0.39 is 0 Å². The highest BCUT2D eigenvalue weighted by Gasteiger charge is 2.21. The van der Waals surface area contributed by atoms with Crippen molar-refractivity contribution in [1.82, 2.24) is 10.2 Å². The van der Waals surface area contributed by atoms with Gasteiger partial charge in [-0.05, 0) is 43.1 Å². The van der Waals surface area contributed by atoms with Crippen LogP contribution in [0.25, 0.3) is 0 Å². The van der Waals surface area contributed by atoms with Gasteiger partial charge in [0.1, 0.15) is 0 Å². The van der Waals surface area contributed by atoms with Crippen LogP contribution in [-0.2, 0) is 11.2 Å². The van der Waals surface area contributed by atoms with Gasteiger partial charge in [0, 0.05) is 13.1 Å². The molecule has 4 nitrogen and oxygen atoms in total. The largest absolute Gasteiger partial charge is 0.355 e. The number of nitriles is 1. The minimum Gasteiger partial charge on any atom is -0.355 e. The molecule has 1 N–H and O–H groups in total. The first-order valence-corrected chi connectivity index (χ1v) is 7.19. The van der Waals surface area contributed by atoms with E-state index >= 15 is 0 Å². The predicted molar refractivity (Wildman–Crippen MR) is 78.1 cm³/mol. The zero-order valence-electron chi connectivity index (χ0n) is 11.9. The second-order valence-corrected chi connectivity index (χ2v) is 5.34. The summed E-state index contributed by atoms with van der Waals surface area (Å²) in [5.74, 6) is 0.643. The molecule has 106 valence electrons. The van der Waals surface area contributed by atoms with Gasteiger partial charge in [-0.1, -0.05) is 19.1 Å². The molecule has 20 heavy (non-hydrogen) atoms. The number of hydrogen-bond acceptors (Lipinski definition) is 3. The van der Waals surface area contributed by atoms with Gasteiger partial charge in [0.15, 0.2) is 0 Å². The third-order valence-corrected chi connectivity index (χ3v) is 3.85. The molecule has 1 aliphatic rings. The topological polar surface area (TPSA) is 56.1 Å². The van der Waals surface area contributed by atoms with Crippen molar-refractivity contribution in [3.05, 3.63) is 35.4 Å². The Morgan fingerprint density at radius 2 is 2.20 bits per heavy atom. The summed E-state index contributed by atoms with van der Waals surface area (Å²) >= 11 is 0. The van der Waals surface area contributed by atoms with Gasteiger partial charge < -0.3 is 10.2 Å². The quantitative estimate of drug-likeness (QED) is 0.884. The lowest BCUT2D eigenvalue weighted by molar-refractivity contribution is -0.120. The normalized spacial score (nSPS) is 18.7. The van der Waals surface area contributed by atoms with Crippen LogP contribution in [0.1, 0.15) is 24.5 Å². The van der Waals surface area contributed by atoms with Crippen molar-refractivity contribution in [2.75, 3.05) is 26.2 Å². The van der Waals surface area contributed by atoms with Crippen molar-refractivity contribution in [3.63, 3.8) is 0 Å². The first-order chi connectivity index (χ1) is 9.71. The fourth-order valence-corrected chi connectivity index (χ4v) is 2.57. The van der Waals surface area contributed by atoms with Crippen LogP contribution in [0.3, 0.4) is 0 Å². The summed E-state index contributed by atoms with van der Waals surface area (Å²) in [7, 11) is 0. The fourth-order valence-electron chi connectivity index (χ4n) is 2.57. The van der Waals surface area contributed by atoms with Crippen LogP contribution >= 0.6 is 0 Å². The number of nitrogens with zero attached hydrogens (tertiary/aromatic N) is 2. The molecular weight excluding hydrogens is 250 g/mol. The van der Waals surface area contributed by atoms with E-state index in [1.165, 1.54) is 6.42 Å². The molecule has 0 bridgehead atoms. The van der Waals surface area contributed by atoms with E-state index in [1.807, 2.05) is 12.1 Å². The standard InChI is InChI=1S/C16H21N3O/c1-2-19-8-7-15(12-19)11-18-16(20)9-13-3-5-14(10-17)6-4-13/h3-6,15H,2,7-9,11-12H2,1H3,(H,18,20). The van der Waals surface area contributed by atoms with Crippen LogP contribution in [0, 0.1) is 17.2 Å². The van der Waals surface area contributed by atoms with Gasteiger partial charge in [-0.3, -0.25) is 4.79 Å². The molecular formula is C16H21N3O. The van der Waals surface area contributed by atoms with Gasteiger partial charge in [0.05, 0.1) is 18.1 Å². The molecule has 0 aromatic heterocycles. The summed E-state index contributed by atoms with van der Waals surface area (Å²) in [6.07, 6.45) is 1.56. The lowest BCUT2D eigenvalue weighted by Crippen LogP contribution is -2.32. The molecule has 0 aliphatic carbocycles. The smallest absolute Gasteiger partial charge is 0.224 e. The van der Waals surface area contributed by atoms with Crippen molar-refractivity contribution in [1.29, 1.82) is 5.26 Å². The maximum absolute atomic E-state index is 11.9. The summed E-state index contributed by atoms with van der Waals surface area (Å²) in [5, 5.41) is 11.7. The molecule has 0 spiro atoms. The Balaban J connectivity index is 1.74.